The third kappa shape index (κ3) is 6.75. The number of nitrogens with one attached hydrogen (secondary N) is 2. The number of hydrogen-bond acceptors (Lipinski definition) is 6. The normalized spacial score (nSPS) is 17.5. The second kappa shape index (κ2) is 13.3. The third-order valence-electron chi connectivity index (χ3n) is 7.83. The molecule has 0 atom stereocenters. The Labute approximate surface area is 235 Å². The second-order valence-electron chi connectivity index (χ2n) is 10.5. The predicted octanol–water partition coefficient (Wildman–Crippen LogP) is 4.51. The van der Waals surface area contributed by atoms with Crippen LogP contribution in [0.2, 0.25) is 0 Å². The summed E-state index contributed by atoms with van der Waals surface area (Å²) in [7, 11) is 0. The molecule has 2 aliphatic heterocycles. The van der Waals surface area contributed by atoms with Gasteiger partial charge in [0, 0.05) is 37.1 Å². The summed E-state index contributed by atoms with van der Waals surface area (Å²) in [4.78, 5) is 57.5. The van der Waals surface area contributed by atoms with Crippen LogP contribution in [0.5, 0.6) is 0 Å². The molecule has 0 radical (unpaired) electrons. The van der Waals surface area contributed by atoms with Crippen LogP contribution in [-0.2, 0) is 9.59 Å². The van der Waals surface area contributed by atoms with Crippen molar-refractivity contribution in [2.24, 2.45) is 0 Å². The van der Waals surface area contributed by atoms with Crippen molar-refractivity contribution in [3.63, 3.8) is 0 Å². The van der Waals surface area contributed by atoms with Crippen molar-refractivity contribution in [3.05, 3.63) is 58.7 Å². The highest BCUT2D eigenvalue weighted by Crippen LogP contribution is 2.36. The summed E-state index contributed by atoms with van der Waals surface area (Å²) in [6, 6.07) is 9.94. The van der Waals surface area contributed by atoms with Crippen LogP contribution in [0.3, 0.4) is 0 Å². The zero-order chi connectivity index (χ0) is 26.5. The highest BCUT2D eigenvalue weighted by molar-refractivity contribution is 6.32. The lowest BCUT2D eigenvalue weighted by Crippen LogP contribution is -2.33. The number of amides is 2. The average Bonchev–Trinajstić information content (AvgIpc) is 2.95. The highest BCUT2D eigenvalue weighted by Gasteiger charge is 2.34. The van der Waals surface area contributed by atoms with Crippen molar-refractivity contribution in [3.8, 4) is 0 Å². The molecule has 2 fully saturated rings. The van der Waals surface area contributed by atoms with E-state index in [0.717, 1.165) is 51.9 Å². The van der Waals surface area contributed by atoms with Crippen molar-refractivity contribution in [2.45, 2.75) is 51.4 Å². The molecule has 5 rings (SSSR count). The van der Waals surface area contributed by atoms with Gasteiger partial charge < -0.3 is 20.4 Å². The minimum Gasteiger partial charge on any atom is -0.325 e. The molecule has 2 amide bonds. The molecule has 0 spiro atoms. The van der Waals surface area contributed by atoms with Gasteiger partial charge in [0.2, 0.25) is 11.8 Å². The fraction of sp³-hybridized carbons (Fsp3) is 0.467. The molecular formula is C30H37ClN4O4. The Bertz CT molecular complexity index is 1140. The first-order valence-corrected chi connectivity index (χ1v) is 13.9. The van der Waals surface area contributed by atoms with Gasteiger partial charge in [0.25, 0.3) is 0 Å². The first kappa shape index (κ1) is 28.9. The SMILES string of the molecule is Cl.O=C(CCN1CCCCC1)Nc1ccc(NC(=O)CCN2CCCCC2)c2c1C(=O)c1ccccc1C2=O. The summed E-state index contributed by atoms with van der Waals surface area (Å²) in [5, 5.41) is 5.76. The minimum atomic E-state index is -0.328. The Morgan fingerprint density at radius 3 is 1.38 bits per heavy atom. The molecular weight excluding hydrogens is 516 g/mol. The van der Waals surface area contributed by atoms with Gasteiger partial charge in [0.15, 0.2) is 11.6 Å². The largest absolute Gasteiger partial charge is 0.325 e. The summed E-state index contributed by atoms with van der Waals surface area (Å²) in [5.41, 5.74) is 1.53. The molecule has 2 aromatic carbocycles. The average molecular weight is 553 g/mol. The molecule has 208 valence electrons. The number of nitrogens with zero attached hydrogens (tertiary/aromatic N) is 2. The smallest absolute Gasteiger partial charge is 0.225 e. The van der Waals surface area contributed by atoms with E-state index in [0.29, 0.717) is 48.4 Å². The number of rotatable bonds is 8. The van der Waals surface area contributed by atoms with Crippen LogP contribution in [0.4, 0.5) is 11.4 Å². The van der Waals surface area contributed by atoms with Gasteiger partial charge in [-0.2, -0.15) is 0 Å². The highest BCUT2D eigenvalue weighted by atomic mass is 35.5. The van der Waals surface area contributed by atoms with Crippen LogP contribution in [0, 0.1) is 0 Å². The lowest BCUT2D eigenvalue weighted by atomic mass is 9.82. The van der Waals surface area contributed by atoms with Gasteiger partial charge in [-0.3, -0.25) is 19.2 Å². The Kier molecular flexibility index (Phi) is 9.88. The van der Waals surface area contributed by atoms with Gasteiger partial charge in [-0.25, -0.2) is 0 Å². The standard InChI is InChI=1S/C30H36N4O4.ClH/c35-25(13-19-33-15-5-1-6-16-33)31-23-11-12-24(32-26(36)14-20-34-17-7-2-8-18-34)28-27(23)29(37)21-9-3-4-10-22(21)30(28)38;/h3-4,9-12H,1-2,5-8,13-20H2,(H,31,35)(H,32,36);1H. The summed E-state index contributed by atoms with van der Waals surface area (Å²) in [6.07, 6.45) is 7.67. The Hall–Kier alpha value is -3.07. The molecule has 2 heterocycles. The number of piperidine rings is 2. The van der Waals surface area contributed by atoms with Crippen LogP contribution in [0.25, 0.3) is 0 Å². The van der Waals surface area contributed by atoms with E-state index in [-0.39, 0.29) is 46.9 Å². The maximum atomic E-state index is 13.6. The third-order valence-corrected chi connectivity index (χ3v) is 7.83. The fourth-order valence-electron chi connectivity index (χ4n) is 5.74. The van der Waals surface area contributed by atoms with E-state index in [4.69, 9.17) is 0 Å². The minimum absolute atomic E-state index is 0. The van der Waals surface area contributed by atoms with Gasteiger partial charge in [-0.1, -0.05) is 37.1 Å². The van der Waals surface area contributed by atoms with E-state index in [1.807, 2.05) is 0 Å². The number of ketones is 2. The molecule has 0 unspecified atom stereocenters. The summed E-state index contributed by atoms with van der Waals surface area (Å²) in [5.74, 6) is -1.05. The van der Waals surface area contributed by atoms with Gasteiger partial charge in [0.1, 0.15) is 0 Å². The van der Waals surface area contributed by atoms with Gasteiger partial charge >= 0.3 is 0 Å². The number of fused-ring (bicyclic) bond motifs is 2. The molecule has 0 aromatic heterocycles. The zero-order valence-corrected chi connectivity index (χ0v) is 23.1. The first-order valence-electron chi connectivity index (χ1n) is 13.9. The summed E-state index contributed by atoms with van der Waals surface area (Å²) >= 11 is 0. The van der Waals surface area contributed by atoms with Gasteiger partial charge in [-0.05, 0) is 64.0 Å². The molecule has 2 aromatic rings. The Morgan fingerprint density at radius 2 is 1.00 bits per heavy atom. The van der Waals surface area contributed by atoms with E-state index in [1.54, 1.807) is 36.4 Å². The fourth-order valence-corrected chi connectivity index (χ4v) is 5.74. The van der Waals surface area contributed by atoms with E-state index >= 15 is 0 Å². The maximum Gasteiger partial charge on any atom is 0.225 e. The van der Waals surface area contributed by atoms with Crippen LogP contribution < -0.4 is 10.6 Å². The van der Waals surface area contributed by atoms with Crippen LogP contribution >= 0.6 is 12.4 Å². The second-order valence-corrected chi connectivity index (χ2v) is 10.5. The Balaban J connectivity index is 0.00000353. The number of carbonyl (C=O) groups excluding carboxylic acids is 4. The van der Waals surface area contributed by atoms with Gasteiger partial charge in [0.05, 0.1) is 22.5 Å². The number of likely N-dealkylation sites (tertiary alicyclic amines) is 2. The summed E-state index contributed by atoms with van der Waals surface area (Å²) in [6.45, 7) is 5.32. The molecule has 9 heteroatoms. The monoisotopic (exact) mass is 552 g/mol. The van der Waals surface area contributed by atoms with E-state index in [9.17, 15) is 19.2 Å². The number of halogens is 1. The lowest BCUT2D eigenvalue weighted by molar-refractivity contribution is -0.117. The first-order chi connectivity index (χ1) is 18.5. The maximum absolute atomic E-state index is 13.6. The Morgan fingerprint density at radius 1 is 0.615 bits per heavy atom. The molecule has 8 nitrogen and oxygen atoms in total. The van der Waals surface area contributed by atoms with Crippen LogP contribution in [0.1, 0.15) is 83.2 Å². The number of hydrogen-bond donors (Lipinski definition) is 2. The molecule has 0 saturated carbocycles. The van der Waals surface area contributed by atoms with Crippen LogP contribution in [-0.4, -0.2) is 72.4 Å². The van der Waals surface area contributed by atoms with Crippen molar-refractivity contribution < 1.29 is 19.2 Å². The lowest BCUT2D eigenvalue weighted by Gasteiger charge is -2.27. The van der Waals surface area contributed by atoms with E-state index < -0.39 is 0 Å². The van der Waals surface area contributed by atoms with E-state index in [2.05, 4.69) is 20.4 Å². The number of benzene rings is 2. The predicted molar refractivity (Wildman–Crippen MR) is 154 cm³/mol. The van der Waals surface area contributed by atoms with Crippen LogP contribution in [0.15, 0.2) is 36.4 Å². The van der Waals surface area contributed by atoms with Crippen molar-refractivity contribution in [2.75, 3.05) is 49.9 Å². The topological polar surface area (TPSA) is 98.8 Å². The molecule has 3 aliphatic rings. The van der Waals surface area contributed by atoms with E-state index in [1.165, 1.54) is 12.8 Å². The number of anilines is 2. The quantitative estimate of drug-likeness (QED) is 0.426. The van der Waals surface area contributed by atoms with Crippen molar-refractivity contribution >= 4 is 47.2 Å². The summed E-state index contributed by atoms with van der Waals surface area (Å²) < 4.78 is 0. The van der Waals surface area contributed by atoms with Gasteiger partial charge in [-0.15, -0.1) is 12.4 Å². The number of carbonyl (C=O) groups is 4. The molecule has 1 aliphatic carbocycles. The molecule has 0 bridgehead atoms. The zero-order valence-electron chi connectivity index (χ0n) is 22.3. The molecule has 2 saturated heterocycles. The molecule has 39 heavy (non-hydrogen) atoms. The van der Waals surface area contributed by atoms with Crippen molar-refractivity contribution in [1.29, 1.82) is 0 Å². The molecule has 2 N–H and O–H groups in total. The van der Waals surface area contributed by atoms with Crippen molar-refractivity contribution in [1.82, 2.24) is 9.80 Å².